The van der Waals surface area contributed by atoms with Crippen LogP contribution >= 0.6 is 11.6 Å². The number of benzene rings is 1. The monoisotopic (exact) mass is 340 g/mol. The molecule has 0 aromatic heterocycles. The van der Waals surface area contributed by atoms with E-state index < -0.39 is 28.0 Å². The van der Waals surface area contributed by atoms with Gasteiger partial charge in [-0.05, 0) is 31.4 Å². The summed E-state index contributed by atoms with van der Waals surface area (Å²) in [5, 5.41) is 18.5. The van der Waals surface area contributed by atoms with Crippen molar-refractivity contribution >= 4 is 27.6 Å². The normalized spacial score (nSPS) is 27.7. The van der Waals surface area contributed by atoms with Gasteiger partial charge in [0, 0.05) is 12.1 Å². The number of aliphatic carboxylic acids is 1. The summed E-state index contributed by atoms with van der Waals surface area (Å²) in [6, 6.07) is 5.23. The van der Waals surface area contributed by atoms with E-state index in [1.165, 1.54) is 22.5 Å². The molecule has 8 heteroatoms. The van der Waals surface area contributed by atoms with Crippen molar-refractivity contribution in [3.05, 3.63) is 28.8 Å². The van der Waals surface area contributed by atoms with Crippen LogP contribution in [-0.4, -0.2) is 35.9 Å². The number of rotatable bonds is 3. The zero-order chi connectivity index (χ0) is 16.1. The van der Waals surface area contributed by atoms with E-state index in [-0.39, 0.29) is 21.5 Å². The second kappa shape index (κ2) is 5.23. The smallest absolute Gasteiger partial charge is 0.308 e. The van der Waals surface area contributed by atoms with E-state index in [1.807, 2.05) is 6.07 Å². The highest BCUT2D eigenvalue weighted by molar-refractivity contribution is 7.89. The Labute approximate surface area is 133 Å². The lowest BCUT2D eigenvalue weighted by atomic mass is 9.89. The first-order valence-electron chi connectivity index (χ1n) is 6.83. The minimum atomic E-state index is -3.94. The van der Waals surface area contributed by atoms with Crippen molar-refractivity contribution in [1.29, 1.82) is 5.26 Å². The number of nitriles is 1. The van der Waals surface area contributed by atoms with Gasteiger partial charge in [0.05, 0.1) is 16.5 Å². The standard InChI is InChI=1S/C14H13ClN2O4S/c15-11-2-1-3-13(10(11)7-16)22(20,21)17-8-4-5-12(17)9(6-8)14(18)19/h1-3,8-9,12H,4-6H2,(H,18,19). The molecule has 0 amide bonds. The average molecular weight is 341 g/mol. The van der Waals surface area contributed by atoms with Crippen molar-refractivity contribution < 1.29 is 18.3 Å². The fourth-order valence-electron chi connectivity index (χ4n) is 3.52. The number of fused-ring (bicyclic) bond motifs is 2. The number of carboxylic acids is 1. The molecule has 3 rings (SSSR count). The van der Waals surface area contributed by atoms with Gasteiger partial charge in [0.1, 0.15) is 11.0 Å². The van der Waals surface area contributed by atoms with Crippen molar-refractivity contribution in [2.75, 3.05) is 0 Å². The van der Waals surface area contributed by atoms with Gasteiger partial charge in [-0.1, -0.05) is 17.7 Å². The molecule has 22 heavy (non-hydrogen) atoms. The number of carboxylic acid groups (broad SMARTS) is 1. The van der Waals surface area contributed by atoms with Gasteiger partial charge in [0.2, 0.25) is 10.0 Å². The largest absolute Gasteiger partial charge is 0.481 e. The minimum Gasteiger partial charge on any atom is -0.481 e. The van der Waals surface area contributed by atoms with Crippen LogP contribution in [0, 0.1) is 17.2 Å². The third kappa shape index (κ3) is 2.10. The highest BCUT2D eigenvalue weighted by Gasteiger charge is 2.54. The van der Waals surface area contributed by atoms with E-state index in [9.17, 15) is 23.6 Å². The van der Waals surface area contributed by atoms with Crippen LogP contribution in [0.25, 0.3) is 0 Å². The summed E-state index contributed by atoms with van der Waals surface area (Å²) in [4.78, 5) is 11.1. The Morgan fingerprint density at radius 1 is 1.41 bits per heavy atom. The van der Waals surface area contributed by atoms with Crippen LogP contribution < -0.4 is 0 Å². The number of hydrogen-bond acceptors (Lipinski definition) is 4. The lowest BCUT2D eigenvalue weighted by Crippen LogP contribution is -2.38. The molecule has 0 aliphatic carbocycles. The molecule has 3 unspecified atom stereocenters. The SMILES string of the molecule is N#Cc1c(Cl)cccc1S(=O)(=O)N1C2CCC1C(C(=O)O)C2. The molecule has 0 spiro atoms. The van der Waals surface area contributed by atoms with Crippen molar-refractivity contribution in [1.82, 2.24) is 4.31 Å². The van der Waals surface area contributed by atoms with Crippen LogP contribution in [0.1, 0.15) is 24.8 Å². The fraction of sp³-hybridized carbons (Fsp3) is 0.429. The van der Waals surface area contributed by atoms with Crippen molar-refractivity contribution in [3.63, 3.8) is 0 Å². The summed E-state index contributed by atoms with van der Waals surface area (Å²) in [5.74, 6) is -1.66. The van der Waals surface area contributed by atoms with Crippen LogP contribution in [0.2, 0.25) is 5.02 Å². The van der Waals surface area contributed by atoms with Gasteiger partial charge in [-0.25, -0.2) is 8.42 Å². The number of nitrogens with zero attached hydrogens (tertiary/aromatic N) is 2. The number of halogens is 1. The van der Waals surface area contributed by atoms with Gasteiger partial charge in [-0.15, -0.1) is 0 Å². The average Bonchev–Trinajstić information content (AvgIpc) is 3.05. The second-order valence-corrected chi connectivity index (χ2v) is 7.76. The van der Waals surface area contributed by atoms with Crippen LogP contribution in [0.4, 0.5) is 0 Å². The molecule has 116 valence electrons. The Morgan fingerprint density at radius 2 is 2.14 bits per heavy atom. The molecule has 2 fully saturated rings. The zero-order valence-electron chi connectivity index (χ0n) is 11.4. The molecule has 6 nitrogen and oxygen atoms in total. The lowest BCUT2D eigenvalue weighted by Gasteiger charge is -2.23. The molecule has 2 heterocycles. The number of sulfonamides is 1. The van der Waals surface area contributed by atoms with E-state index in [0.29, 0.717) is 19.3 Å². The first kappa shape index (κ1) is 15.3. The highest BCUT2D eigenvalue weighted by atomic mass is 35.5. The summed E-state index contributed by atoms with van der Waals surface area (Å²) in [6.45, 7) is 0. The summed E-state index contributed by atoms with van der Waals surface area (Å²) in [7, 11) is -3.94. The number of hydrogen-bond donors (Lipinski definition) is 1. The first-order chi connectivity index (χ1) is 10.4. The molecule has 1 aromatic carbocycles. The van der Waals surface area contributed by atoms with Crippen LogP contribution in [0.15, 0.2) is 23.1 Å². The molecule has 2 aliphatic heterocycles. The fourth-order valence-corrected chi connectivity index (χ4v) is 5.88. The molecule has 1 N–H and O–H groups in total. The third-order valence-electron chi connectivity index (χ3n) is 4.43. The van der Waals surface area contributed by atoms with Crippen LogP contribution in [-0.2, 0) is 14.8 Å². The van der Waals surface area contributed by atoms with E-state index in [2.05, 4.69) is 0 Å². The van der Waals surface area contributed by atoms with Gasteiger partial charge in [-0.3, -0.25) is 4.79 Å². The Morgan fingerprint density at radius 3 is 2.73 bits per heavy atom. The molecular weight excluding hydrogens is 328 g/mol. The third-order valence-corrected chi connectivity index (χ3v) is 6.77. The highest BCUT2D eigenvalue weighted by Crippen LogP contribution is 2.45. The van der Waals surface area contributed by atoms with Crippen molar-refractivity contribution in [2.45, 2.75) is 36.2 Å². The van der Waals surface area contributed by atoms with Gasteiger partial charge < -0.3 is 5.11 Å². The minimum absolute atomic E-state index is 0.0740. The first-order valence-corrected chi connectivity index (χ1v) is 8.64. The lowest BCUT2D eigenvalue weighted by molar-refractivity contribution is -0.142. The molecule has 2 saturated heterocycles. The summed E-state index contributed by atoms with van der Waals surface area (Å²) >= 11 is 5.91. The quantitative estimate of drug-likeness (QED) is 0.905. The zero-order valence-corrected chi connectivity index (χ0v) is 13.0. The maximum atomic E-state index is 12.9. The Balaban J connectivity index is 2.08. The Kier molecular flexibility index (Phi) is 3.63. The van der Waals surface area contributed by atoms with Gasteiger partial charge in [0.25, 0.3) is 0 Å². The molecule has 3 atom stereocenters. The molecule has 0 radical (unpaired) electrons. The van der Waals surface area contributed by atoms with Crippen molar-refractivity contribution in [3.8, 4) is 6.07 Å². The summed E-state index contributed by atoms with van der Waals surface area (Å²) < 4.78 is 27.1. The van der Waals surface area contributed by atoms with Gasteiger partial charge in [0.15, 0.2) is 0 Å². The van der Waals surface area contributed by atoms with Crippen LogP contribution in [0.5, 0.6) is 0 Å². The molecule has 0 saturated carbocycles. The van der Waals surface area contributed by atoms with Gasteiger partial charge >= 0.3 is 5.97 Å². The molecule has 1 aromatic rings. The topological polar surface area (TPSA) is 98.5 Å². The van der Waals surface area contributed by atoms with Crippen molar-refractivity contribution in [2.24, 2.45) is 5.92 Å². The van der Waals surface area contributed by atoms with Gasteiger partial charge in [-0.2, -0.15) is 9.57 Å². The van der Waals surface area contributed by atoms with E-state index in [4.69, 9.17) is 11.6 Å². The predicted octanol–water partition coefficient (Wildman–Crippen LogP) is 1.84. The summed E-state index contributed by atoms with van der Waals surface area (Å²) in [6.07, 6.45) is 1.50. The Bertz CT molecular complexity index is 787. The second-order valence-electron chi connectivity index (χ2n) is 5.54. The number of carbonyl (C=O) groups is 1. The maximum absolute atomic E-state index is 12.9. The van der Waals surface area contributed by atoms with E-state index in [0.717, 1.165) is 0 Å². The molecule has 2 bridgehead atoms. The predicted molar refractivity (Wildman–Crippen MR) is 77.7 cm³/mol. The van der Waals surface area contributed by atoms with E-state index in [1.54, 1.807) is 0 Å². The molecule has 2 aliphatic rings. The Hall–Kier alpha value is -1.62. The summed E-state index contributed by atoms with van der Waals surface area (Å²) in [5.41, 5.74) is -0.0951. The van der Waals surface area contributed by atoms with E-state index >= 15 is 0 Å². The van der Waals surface area contributed by atoms with Crippen LogP contribution in [0.3, 0.4) is 0 Å². The molecular formula is C14H13ClN2O4S. The maximum Gasteiger partial charge on any atom is 0.308 e.